The largest absolute Gasteiger partial charge is 0.481 e. The first-order chi connectivity index (χ1) is 8.41. The van der Waals surface area contributed by atoms with Crippen LogP contribution in [0.3, 0.4) is 0 Å². The summed E-state index contributed by atoms with van der Waals surface area (Å²) >= 11 is 1.68. The first kappa shape index (κ1) is 14.7. The van der Waals surface area contributed by atoms with Crippen molar-refractivity contribution in [2.24, 2.45) is 0 Å². The molecule has 0 aliphatic carbocycles. The molecule has 1 N–H and O–H groups in total. The number of carboxylic acids is 1. The topological polar surface area (TPSA) is 57.6 Å². The molecule has 0 aliphatic heterocycles. The van der Waals surface area contributed by atoms with Gasteiger partial charge in [0, 0.05) is 29.6 Å². The number of rotatable bonds is 6. The van der Waals surface area contributed by atoms with E-state index in [9.17, 15) is 9.59 Å². The molecular formula is C13H19NO3S. The molecule has 100 valence electrons. The maximum Gasteiger partial charge on any atom is 0.303 e. The predicted molar refractivity (Wildman–Crippen MR) is 71.7 cm³/mol. The average molecular weight is 269 g/mol. The minimum atomic E-state index is -0.854. The van der Waals surface area contributed by atoms with Crippen molar-refractivity contribution >= 4 is 23.2 Å². The maximum atomic E-state index is 11.9. The SMILES string of the molecule is Cc1ccc(C(C)N(C)C(=O)CCCC(=O)O)s1. The van der Waals surface area contributed by atoms with Crippen LogP contribution in [0.4, 0.5) is 0 Å². The Morgan fingerprint density at radius 3 is 2.56 bits per heavy atom. The Balaban J connectivity index is 2.50. The fourth-order valence-electron chi connectivity index (χ4n) is 1.65. The van der Waals surface area contributed by atoms with E-state index in [4.69, 9.17) is 5.11 Å². The first-order valence-electron chi connectivity index (χ1n) is 5.95. The van der Waals surface area contributed by atoms with Crippen molar-refractivity contribution in [1.29, 1.82) is 0 Å². The Hall–Kier alpha value is -1.36. The number of carbonyl (C=O) groups excluding carboxylic acids is 1. The average Bonchev–Trinajstić information content (AvgIpc) is 2.73. The number of aliphatic carboxylic acids is 1. The molecule has 1 unspecified atom stereocenters. The lowest BCUT2D eigenvalue weighted by molar-refractivity contribution is -0.137. The summed E-state index contributed by atoms with van der Waals surface area (Å²) in [7, 11) is 1.77. The lowest BCUT2D eigenvalue weighted by Crippen LogP contribution is -2.29. The van der Waals surface area contributed by atoms with Crippen LogP contribution in [0.5, 0.6) is 0 Å². The summed E-state index contributed by atoms with van der Waals surface area (Å²) in [5, 5.41) is 8.53. The summed E-state index contributed by atoms with van der Waals surface area (Å²) in [6.07, 6.45) is 0.734. The number of nitrogens with zero attached hydrogens (tertiary/aromatic N) is 1. The van der Waals surface area contributed by atoms with Gasteiger partial charge >= 0.3 is 5.97 Å². The Bertz CT molecular complexity index is 428. The summed E-state index contributed by atoms with van der Waals surface area (Å²) < 4.78 is 0. The summed E-state index contributed by atoms with van der Waals surface area (Å²) in [5.41, 5.74) is 0. The number of thiophene rings is 1. The third kappa shape index (κ3) is 4.14. The second-order valence-electron chi connectivity index (χ2n) is 4.38. The molecular weight excluding hydrogens is 250 g/mol. The van der Waals surface area contributed by atoms with Crippen molar-refractivity contribution in [2.75, 3.05) is 7.05 Å². The van der Waals surface area contributed by atoms with Crippen LogP contribution in [0.15, 0.2) is 12.1 Å². The molecule has 18 heavy (non-hydrogen) atoms. The molecule has 0 spiro atoms. The van der Waals surface area contributed by atoms with E-state index >= 15 is 0 Å². The molecule has 0 bridgehead atoms. The Kier molecular flexibility index (Phi) is 5.34. The highest BCUT2D eigenvalue weighted by molar-refractivity contribution is 7.12. The minimum Gasteiger partial charge on any atom is -0.481 e. The van der Waals surface area contributed by atoms with Crippen LogP contribution in [0.25, 0.3) is 0 Å². The van der Waals surface area contributed by atoms with E-state index in [2.05, 4.69) is 0 Å². The Morgan fingerprint density at radius 2 is 2.06 bits per heavy atom. The van der Waals surface area contributed by atoms with Crippen molar-refractivity contribution in [3.8, 4) is 0 Å². The first-order valence-corrected chi connectivity index (χ1v) is 6.77. The molecule has 4 nitrogen and oxygen atoms in total. The van der Waals surface area contributed by atoms with Gasteiger partial charge in [-0.05, 0) is 32.4 Å². The van der Waals surface area contributed by atoms with E-state index in [1.165, 1.54) is 4.88 Å². The number of aryl methyl sites for hydroxylation is 1. The van der Waals surface area contributed by atoms with Gasteiger partial charge < -0.3 is 10.0 Å². The van der Waals surface area contributed by atoms with Crippen LogP contribution in [0.2, 0.25) is 0 Å². The highest BCUT2D eigenvalue weighted by atomic mass is 32.1. The summed E-state index contributed by atoms with van der Waals surface area (Å²) in [6.45, 7) is 4.02. The van der Waals surface area contributed by atoms with E-state index in [-0.39, 0.29) is 24.8 Å². The Morgan fingerprint density at radius 1 is 1.39 bits per heavy atom. The molecule has 1 rings (SSSR count). The zero-order chi connectivity index (χ0) is 13.7. The van der Waals surface area contributed by atoms with Crippen LogP contribution in [-0.4, -0.2) is 28.9 Å². The maximum absolute atomic E-state index is 11.9. The van der Waals surface area contributed by atoms with Crippen LogP contribution in [-0.2, 0) is 9.59 Å². The summed E-state index contributed by atoms with van der Waals surface area (Å²) in [6, 6.07) is 4.12. The molecule has 1 heterocycles. The molecule has 0 aliphatic rings. The molecule has 0 aromatic carbocycles. The molecule has 1 aromatic heterocycles. The number of carboxylic acid groups (broad SMARTS) is 1. The van der Waals surface area contributed by atoms with Gasteiger partial charge in [-0.25, -0.2) is 0 Å². The zero-order valence-electron chi connectivity index (χ0n) is 11.0. The van der Waals surface area contributed by atoms with Gasteiger partial charge in [-0.3, -0.25) is 9.59 Å². The van der Waals surface area contributed by atoms with Gasteiger partial charge in [-0.1, -0.05) is 0 Å². The van der Waals surface area contributed by atoms with Gasteiger partial charge in [0.25, 0.3) is 0 Å². The van der Waals surface area contributed by atoms with Crippen molar-refractivity contribution in [3.63, 3.8) is 0 Å². The van der Waals surface area contributed by atoms with Gasteiger partial charge in [0.05, 0.1) is 6.04 Å². The number of amides is 1. The van der Waals surface area contributed by atoms with Crippen molar-refractivity contribution in [3.05, 3.63) is 21.9 Å². The second kappa shape index (κ2) is 6.54. The molecule has 0 saturated carbocycles. The highest BCUT2D eigenvalue weighted by Crippen LogP contribution is 2.26. The molecule has 1 amide bonds. The monoisotopic (exact) mass is 269 g/mol. The van der Waals surface area contributed by atoms with Gasteiger partial charge in [-0.15, -0.1) is 11.3 Å². The lowest BCUT2D eigenvalue weighted by atomic mass is 10.2. The van der Waals surface area contributed by atoms with Gasteiger partial charge in [0.1, 0.15) is 0 Å². The lowest BCUT2D eigenvalue weighted by Gasteiger charge is -2.24. The number of carbonyl (C=O) groups is 2. The third-order valence-electron chi connectivity index (χ3n) is 2.93. The van der Waals surface area contributed by atoms with E-state index in [0.29, 0.717) is 6.42 Å². The minimum absolute atomic E-state index is 0.00481. The molecule has 0 radical (unpaired) electrons. The fraction of sp³-hybridized carbons (Fsp3) is 0.538. The molecule has 1 aromatic rings. The molecule has 0 saturated heterocycles. The second-order valence-corrected chi connectivity index (χ2v) is 5.70. The van der Waals surface area contributed by atoms with E-state index in [1.54, 1.807) is 23.3 Å². The van der Waals surface area contributed by atoms with Crippen LogP contribution in [0, 0.1) is 6.92 Å². The van der Waals surface area contributed by atoms with Gasteiger partial charge in [-0.2, -0.15) is 0 Å². The molecule has 1 atom stereocenters. The van der Waals surface area contributed by atoms with Crippen molar-refractivity contribution < 1.29 is 14.7 Å². The Labute approximate surface area is 111 Å². The van der Waals surface area contributed by atoms with Crippen LogP contribution >= 0.6 is 11.3 Å². The quantitative estimate of drug-likeness (QED) is 0.864. The van der Waals surface area contributed by atoms with Crippen molar-refractivity contribution in [2.45, 2.75) is 39.2 Å². The van der Waals surface area contributed by atoms with Crippen LogP contribution < -0.4 is 0 Å². The number of hydrogen-bond acceptors (Lipinski definition) is 3. The normalized spacial score (nSPS) is 12.2. The van der Waals surface area contributed by atoms with E-state index in [1.807, 2.05) is 26.0 Å². The van der Waals surface area contributed by atoms with Crippen LogP contribution in [0.1, 0.15) is 42.0 Å². The predicted octanol–water partition coefficient (Wildman–Crippen LogP) is 2.83. The van der Waals surface area contributed by atoms with Gasteiger partial charge in [0.15, 0.2) is 0 Å². The highest BCUT2D eigenvalue weighted by Gasteiger charge is 2.18. The smallest absolute Gasteiger partial charge is 0.303 e. The number of hydrogen-bond donors (Lipinski definition) is 1. The standard InChI is InChI=1S/C13H19NO3S/c1-9-7-8-11(18-9)10(2)14(3)12(15)5-4-6-13(16)17/h7-8,10H,4-6H2,1-3H3,(H,16,17). The van der Waals surface area contributed by atoms with E-state index in [0.717, 1.165) is 4.88 Å². The molecule has 5 heteroatoms. The van der Waals surface area contributed by atoms with E-state index < -0.39 is 5.97 Å². The fourth-order valence-corrected chi connectivity index (χ4v) is 2.62. The summed E-state index contributed by atoms with van der Waals surface area (Å²) in [4.78, 5) is 26.3. The summed E-state index contributed by atoms with van der Waals surface area (Å²) in [5.74, 6) is -0.859. The van der Waals surface area contributed by atoms with Crippen molar-refractivity contribution in [1.82, 2.24) is 4.90 Å². The van der Waals surface area contributed by atoms with Gasteiger partial charge in [0.2, 0.25) is 5.91 Å². The zero-order valence-corrected chi connectivity index (χ0v) is 11.8. The third-order valence-corrected chi connectivity index (χ3v) is 4.10. The molecule has 0 fully saturated rings.